The lowest BCUT2D eigenvalue weighted by Crippen LogP contribution is -2.37. The van der Waals surface area contributed by atoms with Crippen LogP contribution in [0, 0.1) is 11.2 Å². The second-order valence-corrected chi connectivity index (χ2v) is 6.03. The first-order valence-electron chi connectivity index (χ1n) is 6.61. The summed E-state index contributed by atoms with van der Waals surface area (Å²) in [5.74, 6) is -0.285. The lowest BCUT2D eigenvalue weighted by Gasteiger charge is -2.39. The van der Waals surface area contributed by atoms with Gasteiger partial charge in [0.2, 0.25) is 0 Å². The second kappa shape index (κ2) is 4.88. The summed E-state index contributed by atoms with van der Waals surface area (Å²) in [7, 11) is 0. The number of aliphatic hydroxyl groups is 1. The number of hydrogen-bond acceptors (Lipinski definition) is 2. The van der Waals surface area contributed by atoms with E-state index < -0.39 is 6.10 Å². The van der Waals surface area contributed by atoms with E-state index in [4.69, 9.17) is 0 Å². The van der Waals surface area contributed by atoms with Crippen LogP contribution < -0.4 is 4.90 Å². The summed E-state index contributed by atoms with van der Waals surface area (Å²) in [4.78, 5) is 2.26. The Morgan fingerprint density at radius 3 is 2.44 bits per heavy atom. The van der Waals surface area contributed by atoms with Crippen molar-refractivity contribution >= 4 is 5.69 Å². The quantitative estimate of drug-likeness (QED) is 0.869. The Balaban J connectivity index is 2.24. The molecule has 0 spiro atoms. The van der Waals surface area contributed by atoms with Crippen LogP contribution in [0.5, 0.6) is 0 Å². The summed E-state index contributed by atoms with van der Waals surface area (Å²) < 4.78 is 13.3. The zero-order valence-electron chi connectivity index (χ0n) is 11.4. The molecule has 1 N–H and O–H groups in total. The number of benzene rings is 1. The van der Waals surface area contributed by atoms with Gasteiger partial charge < -0.3 is 10.0 Å². The normalized spacial score (nSPS) is 20.8. The summed E-state index contributed by atoms with van der Waals surface area (Å²) in [6.45, 7) is 8.19. The van der Waals surface area contributed by atoms with Gasteiger partial charge in [0.25, 0.3) is 0 Å². The smallest absolute Gasteiger partial charge is 0.123 e. The molecule has 1 heterocycles. The molecule has 1 saturated heterocycles. The van der Waals surface area contributed by atoms with Gasteiger partial charge in [-0.15, -0.1) is 0 Å². The number of nitrogens with zero attached hydrogens (tertiary/aromatic N) is 1. The van der Waals surface area contributed by atoms with Gasteiger partial charge in [0.05, 0.1) is 6.10 Å². The van der Waals surface area contributed by atoms with E-state index in [-0.39, 0.29) is 5.82 Å². The fourth-order valence-electron chi connectivity index (χ4n) is 2.50. The van der Waals surface area contributed by atoms with Gasteiger partial charge in [-0.3, -0.25) is 0 Å². The van der Waals surface area contributed by atoms with Gasteiger partial charge in [-0.05, 0) is 43.4 Å². The van der Waals surface area contributed by atoms with Crippen LogP contribution in [-0.4, -0.2) is 18.2 Å². The molecule has 1 aromatic rings. The number of aliphatic hydroxyl groups excluding tert-OH is 1. The Hall–Kier alpha value is -1.09. The number of piperidine rings is 1. The predicted octanol–water partition coefficient (Wildman–Crippen LogP) is 3.51. The highest BCUT2D eigenvalue weighted by Gasteiger charge is 2.27. The maximum atomic E-state index is 13.3. The molecular formula is C15H22FNO. The van der Waals surface area contributed by atoms with E-state index in [9.17, 15) is 9.50 Å². The fraction of sp³-hybridized carbons (Fsp3) is 0.600. The minimum atomic E-state index is -0.634. The van der Waals surface area contributed by atoms with Crippen LogP contribution >= 0.6 is 0 Å². The molecule has 2 nitrogen and oxygen atoms in total. The molecule has 0 aromatic heterocycles. The van der Waals surface area contributed by atoms with Crippen molar-refractivity contribution in [2.45, 2.75) is 39.7 Å². The van der Waals surface area contributed by atoms with Gasteiger partial charge in [0.15, 0.2) is 0 Å². The first-order chi connectivity index (χ1) is 8.39. The van der Waals surface area contributed by atoms with E-state index in [0.717, 1.165) is 31.6 Å². The Bertz CT molecular complexity index is 419. The van der Waals surface area contributed by atoms with Crippen LogP contribution in [0.4, 0.5) is 10.1 Å². The van der Waals surface area contributed by atoms with Crippen molar-refractivity contribution in [3.8, 4) is 0 Å². The largest absolute Gasteiger partial charge is 0.389 e. The lowest BCUT2D eigenvalue weighted by molar-refractivity contribution is 0.198. The highest BCUT2D eigenvalue weighted by Crippen LogP contribution is 2.35. The average Bonchev–Trinajstić information content (AvgIpc) is 2.29. The lowest BCUT2D eigenvalue weighted by atomic mass is 9.82. The van der Waals surface area contributed by atoms with Crippen LogP contribution in [0.15, 0.2) is 18.2 Å². The molecule has 1 aromatic carbocycles. The molecule has 1 fully saturated rings. The first-order valence-corrected chi connectivity index (χ1v) is 6.61. The SMILES string of the molecule is C[C@@H](O)c1cc(F)ccc1N1CCC(C)(C)CC1. The van der Waals surface area contributed by atoms with E-state index >= 15 is 0 Å². The zero-order chi connectivity index (χ0) is 13.3. The van der Waals surface area contributed by atoms with E-state index in [1.54, 1.807) is 13.0 Å². The molecule has 0 bridgehead atoms. The van der Waals surface area contributed by atoms with Crippen molar-refractivity contribution in [2.75, 3.05) is 18.0 Å². The summed E-state index contributed by atoms with van der Waals surface area (Å²) in [6, 6.07) is 4.70. The summed E-state index contributed by atoms with van der Waals surface area (Å²) in [6.07, 6.45) is 1.62. The molecule has 0 saturated carbocycles. The standard InChI is InChI=1S/C15H22FNO/c1-11(18)13-10-12(16)4-5-14(13)17-8-6-15(2,3)7-9-17/h4-5,10-11,18H,6-9H2,1-3H3/t11-/m1/s1. The molecule has 1 aliphatic heterocycles. The monoisotopic (exact) mass is 251 g/mol. The fourth-order valence-corrected chi connectivity index (χ4v) is 2.50. The maximum absolute atomic E-state index is 13.3. The van der Waals surface area contributed by atoms with Crippen LogP contribution in [-0.2, 0) is 0 Å². The number of rotatable bonds is 2. The van der Waals surface area contributed by atoms with Crippen molar-refractivity contribution < 1.29 is 9.50 Å². The molecule has 2 rings (SSSR count). The van der Waals surface area contributed by atoms with Crippen molar-refractivity contribution in [3.63, 3.8) is 0 Å². The van der Waals surface area contributed by atoms with Crippen molar-refractivity contribution in [3.05, 3.63) is 29.6 Å². The highest BCUT2D eigenvalue weighted by molar-refractivity contribution is 5.55. The highest BCUT2D eigenvalue weighted by atomic mass is 19.1. The van der Waals surface area contributed by atoms with Gasteiger partial charge in [-0.25, -0.2) is 4.39 Å². The molecular weight excluding hydrogens is 229 g/mol. The molecule has 1 aliphatic rings. The van der Waals surface area contributed by atoms with E-state index in [1.807, 2.05) is 0 Å². The third-order valence-electron chi connectivity index (χ3n) is 3.90. The van der Waals surface area contributed by atoms with Crippen molar-refractivity contribution in [1.29, 1.82) is 0 Å². The minimum absolute atomic E-state index is 0.285. The molecule has 18 heavy (non-hydrogen) atoms. The molecule has 0 unspecified atom stereocenters. The summed E-state index contributed by atoms with van der Waals surface area (Å²) in [5.41, 5.74) is 2.05. The Morgan fingerprint density at radius 2 is 1.89 bits per heavy atom. The van der Waals surface area contributed by atoms with E-state index in [1.165, 1.54) is 12.1 Å². The molecule has 0 radical (unpaired) electrons. The average molecular weight is 251 g/mol. The van der Waals surface area contributed by atoms with Crippen molar-refractivity contribution in [2.24, 2.45) is 5.41 Å². The van der Waals surface area contributed by atoms with E-state index in [0.29, 0.717) is 11.0 Å². The molecule has 0 amide bonds. The molecule has 100 valence electrons. The molecule has 0 aliphatic carbocycles. The van der Waals surface area contributed by atoms with Crippen LogP contribution in [0.3, 0.4) is 0 Å². The third-order valence-corrected chi connectivity index (χ3v) is 3.90. The van der Waals surface area contributed by atoms with Gasteiger partial charge in [0.1, 0.15) is 5.82 Å². The summed E-state index contributed by atoms with van der Waals surface area (Å²) >= 11 is 0. The predicted molar refractivity (Wildman–Crippen MR) is 72.3 cm³/mol. The first kappa shape index (κ1) is 13.3. The van der Waals surface area contributed by atoms with Gasteiger partial charge in [-0.2, -0.15) is 0 Å². The van der Waals surface area contributed by atoms with Crippen LogP contribution in [0.25, 0.3) is 0 Å². The number of hydrogen-bond donors (Lipinski definition) is 1. The molecule has 1 atom stereocenters. The van der Waals surface area contributed by atoms with Crippen LogP contribution in [0.1, 0.15) is 45.3 Å². The van der Waals surface area contributed by atoms with Crippen molar-refractivity contribution in [1.82, 2.24) is 0 Å². The van der Waals surface area contributed by atoms with Gasteiger partial charge >= 0.3 is 0 Å². The molecule has 3 heteroatoms. The second-order valence-electron chi connectivity index (χ2n) is 6.03. The Labute approximate surface area is 108 Å². The topological polar surface area (TPSA) is 23.5 Å². The number of anilines is 1. The Morgan fingerprint density at radius 1 is 1.28 bits per heavy atom. The van der Waals surface area contributed by atoms with Gasteiger partial charge in [0, 0.05) is 24.3 Å². The maximum Gasteiger partial charge on any atom is 0.123 e. The number of halogens is 1. The minimum Gasteiger partial charge on any atom is -0.389 e. The van der Waals surface area contributed by atoms with Gasteiger partial charge in [-0.1, -0.05) is 13.8 Å². The van der Waals surface area contributed by atoms with Crippen LogP contribution in [0.2, 0.25) is 0 Å². The van der Waals surface area contributed by atoms with E-state index in [2.05, 4.69) is 18.7 Å². The third kappa shape index (κ3) is 2.83. The zero-order valence-corrected chi connectivity index (χ0v) is 11.4. The summed E-state index contributed by atoms with van der Waals surface area (Å²) in [5, 5.41) is 9.77. The Kier molecular flexibility index (Phi) is 3.62.